The number of para-hydroxylation sites is 1. The smallest absolute Gasteiger partial charge is 0.238 e. The maximum absolute atomic E-state index is 12.6. The van der Waals surface area contributed by atoms with E-state index in [0.717, 1.165) is 22.3 Å². The number of primary sulfonamides is 1. The quantitative estimate of drug-likeness (QED) is 0.375. The lowest BCUT2D eigenvalue weighted by Crippen LogP contribution is -2.16. The van der Waals surface area contributed by atoms with Crippen LogP contribution in [-0.4, -0.2) is 8.42 Å². The summed E-state index contributed by atoms with van der Waals surface area (Å²) in [5.41, 5.74) is 10.9. The van der Waals surface area contributed by atoms with Crippen LogP contribution in [0.3, 0.4) is 0 Å². The van der Waals surface area contributed by atoms with Gasteiger partial charge in [-0.1, -0.05) is 78.9 Å². The highest BCUT2D eigenvalue weighted by molar-refractivity contribution is 7.89. The Morgan fingerprint density at radius 3 is 1.94 bits per heavy atom. The maximum atomic E-state index is 12.6. The number of hydrogen-bond acceptors (Lipinski definition) is 4. The minimum atomic E-state index is -4.00. The second-order valence-electron chi connectivity index (χ2n) is 7.93. The summed E-state index contributed by atoms with van der Waals surface area (Å²) in [6.45, 7) is 0.309. The minimum absolute atomic E-state index is 0.0708. The molecule has 0 heterocycles. The van der Waals surface area contributed by atoms with E-state index in [1.54, 1.807) is 6.07 Å². The van der Waals surface area contributed by atoms with E-state index in [9.17, 15) is 8.42 Å². The van der Waals surface area contributed by atoms with Crippen molar-refractivity contribution in [2.24, 2.45) is 5.14 Å². The van der Waals surface area contributed by atoms with E-state index in [1.165, 1.54) is 0 Å². The van der Waals surface area contributed by atoms with Crippen LogP contribution in [0.25, 0.3) is 0 Å². The Kier molecular flexibility index (Phi) is 6.77. The molecule has 0 radical (unpaired) electrons. The average Bonchev–Trinajstić information content (AvgIpc) is 2.81. The molecule has 0 fully saturated rings. The van der Waals surface area contributed by atoms with Gasteiger partial charge in [-0.15, -0.1) is 0 Å². The van der Waals surface area contributed by atoms with Crippen LogP contribution in [0, 0.1) is 0 Å². The number of rotatable bonds is 8. The molecule has 0 aliphatic rings. The summed E-state index contributed by atoms with van der Waals surface area (Å²) < 4.78 is 31.5. The fraction of sp³-hybridized carbons (Fsp3) is 0.111. The van der Waals surface area contributed by atoms with Crippen molar-refractivity contribution in [3.63, 3.8) is 0 Å². The molecular formula is C27H26N2O3S. The summed E-state index contributed by atoms with van der Waals surface area (Å²) in [7, 11) is -4.00. The first kappa shape index (κ1) is 22.6. The summed E-state index contributed by atoms with van der Waals surface area (Å²) in [5.74, 6) is 0.499. The average molecular weight is 459 g/mol. The zero-order valence-electron chi connectivity index (χ0n) is 18.1. The highest BCUT2D eigenvalue weighted by atomic mass is 32.2. The standard InChI is InChI=1S/C27H26N2O3S/c28-25-14-8-7-13-23(25)15-22-17-26(32-19-21-11-5-2-6-12-21)24(27(18-22)33(29,30)31)16-20-9-3-1-4-10-20/h1-14,17-18H,15-16,19,28H2,(H2,29,30,31). The molecule has 0 amide bonds. The highest BCUT2D eigenvalue weighted by Gasteiger charge is 2.21. The predicted molar refractivity (Wildman–Crippen MR) is 131 cm³/mol. The van der Waals surface area contributed by atoms with Crippen molar-refractivity contribution >= 4 is 15.7 Å². The normalized spacial score (nSPS) is 11.3. The number of anilines is 1. The van der Waals surface area contributed by atoms with Gasteiger partial charge in [0.25, 0.3) is 0 Å². The lowest BCUT2D eigenvalue weighted by atomic mass is 9.98. The zero-order valence-corrected chi connectivity index (χ0v) is 19.0. The van der Waals surface area contributed by atoms with E-state index in [1.807, 2.05) is 91.0 Å². The van der Waals surface area contributed by atoms with Gasteiger partial charge < -0.3 is 10.5 Å². The molecule has 4 rings (SSSR count). The third kappa shape index (κ3) is 5.80. The van der Waals surface area contributed by atoms with Crippen LogP contribution in [0.5, 0.6) is 5.75 Å². The van der Waals surface area contributed by atoms with Gasteiger partial charge in [0.2, 0.25) is 10.0 Å². The number of sulfonamides is 1. The number of nitrogens with two attached hydrogens (primary N) is 2. The molecule has 0 saturated heterocycles. The van der Waals surface area contributed by atoms with E-state index in [4.69, 9.17) is 15.6 Å². The van der Waals surface area contributed by atoms with Gasteiger partial charge >= 0.3 is 0 Å². The summed E-state index contributed by atoms with van der Waals surface area (Å²) in [6.07, 6.45) is 0.840. The Morgan fingerprint density at radius 2 is 1.30 bits per heavy atom. The first-order valence-corrected chi connectivity index (χ1v) is 12.2. The fourth-order valence-electron chi connectivity index (χ4n) is 3.78. The zero-order chi connectivity index (χ0) is 23.3. The Bertz CT molecular complexity index is 1340. The largest absolute Gasteiger partial charge is 0.489 e. The molecule has 168 valence electrons. The summed E-state index contributed by atoms with van der Waals surface area (Å²) in [4.78, 5) is 0.0708. The van der Waals surface area contributed by atoms with Crippen LogP contribution < -0.4 is 15.6 Å². The molecule has 0 atom stereocenters. The van der Waals surface area contributed by atoms with Gasteiger partial charge in [0.1, 0.15) is 12.4 Å². The molecule has 0 bridgehead atoms. The Balaban J connectivity index is 1.80. The van der Waals surface area contributed by atoms with Crippen molar-refractivity contribution in [2.45, 2.75) is 24.3 Å². The van der Waals surface area contributed by atoms with Crippen LogP contribution in [-0.2, 0) is 29.5 Å². The molecule has 0 spiro atoms. The van der Waals surface area contributed by atoms with Crippen LogP contribution >= 0.6 is 0 Å². The van der Waals surface area contributed by atoms with Gasteiger partial charge in [0, 0.05) is 17.7 Å². The van der Waals surface area contributed by atoms with Crippen LogP contribution in [0.4, 0.5) is 5.69 Å². The Morgan fingerprint density at radius 1 is 0.697 bits per heavy atom. The Hall–Kier alpha value is -3.61. The van der Waals surface area contributed by atoms with Crippen molar-refractivity contribution in [1.82, 2.24) is 0 Å². The molecule has 33 heavy (non-hydrogen) atoms. The molecular weight excluding hydrogens is 432 g/mol. The summed E-state index contributed by atoms with van der Waals surface area (Å²) in [6, 6.07) is 30.5. The first-order valence-electron chi connectivity index (χ1n) is 10.6. The number of hydrogen-bond donors (Lipinski definition) is 2. The molecule has 0 aromatic heterocycles. The maximum Gasteiger partial charge on any atom is 0.238 e. The monoisotopic (exact) mass is 458 g/mol. The van der Waals surface area contributed by atoms with E-state index >= 15 is 0 Å². The molecule has 0 unspecified atom stereocenters. The minimum Gasteiger partial charge on any atom is -0.489 e. The summed E-state index contributed by atoms with van der Waals surface area (Å²) in [5, 5.41) is 5.67. The van der Waals surface area contributed by atoms with Gasteiger partial charge in [-0.05, 0) is 46.9 Å². The third-order valence-electron chi connectivity index (χ3n) is 5.44. The van der Waals surface area contributed by atoms with Gasteiger partial charge in [-0.25, -0.2) is 13.6 Å². The van der Waals surface area contributed by atoms with Crippen LogP contribution in [0.2, 0.25) is 0 Å². The second-order valence-corrected chi connectivity index (χ2v) is 9.46. The fourth-order valence-corrected chi connectivity index (χ4v) is 4.62. The molecule has 0 aliphatic heterocycles. The van der Waals surface area contributed by atoms with Gasteiger partial charge in [0.05, 0.1) is 4.90 Å². The van der Waals surface area contributed by atoms with Crippen molar-refractivity contribution in [1.29, 1.82) is 0 Å². The molecule has 4 aromatic carbocycles. The van der Waals surface area contributed by atoms with Crippen molar-refractivity contribution < 1.29 is 13.2 Å². The topological polar surface area (TPSA) is 95.4 Å². The summed E-state index contributed by atoms with van der Waals surface area (Å²) >= 11 is 0. The highest BCUT2D eigenvalue weighted by Crippen LogP contribution is 2.32. The van der Waals surface area contributed by atoms with Crippen molar-refractivity contribution in [3.05, 3.63) is 125 Å². The van der Waals surface area contributed by atoms with Crippen LogP contribution in [0.15, 0.2) is 102 Å². The lowest BCUT2D eigenvalue weighted by Gasteiger charge is -2.18. The molecule has 4 N–H and O–H groups in total. The predicted octanol–water partition coefficient (Wildman–Crippen LogP) is 4.68. The first-order chi connectivity index (χ1) is 15.9. The molecule has 4 aromatic rings. The van der Waals surface area contributed by atoms with E-state index in [-0.39, 0.29) is 4.90 Å². The van der Waals surface area contributed by atoms with Gasteiger partial charge in [-0.3, -0.25) is 0 Å². The second kappa shape index (κ2) is 9.90. The van der Waals surface area contributed by atoms with E-state index in [0.29, 0.717) is 36.4 Å². The molecule has 5 nitrogen and oxygen atoms in total. The van der Waals surface area contributed by atoms with Crippen molar-refractivity contribution in [3.8, 4) is 5.75 Å². The van der Waals surface area contributed by atoms with Crippen LogP contribution in [0.1, 0.15) is 27.8 Å². The lowest BCUT2D eigenvalue weighted by molar-refractivity contribution is 0.302. The number of ether oxygens (including phenoxy) is 1. The molecule has 0 saturated carbocycles. The Labute approximate surface area is 194 Å². The molecule has 0 aliphatic carbocycles. The molecule has 6 heteroatoms. The number of benzene rings is 4. The van der Waals surface area contributed by atoms with E-state index < -0.39 is 10.0 Å². The SMILES string of the molecule is Nc1ccccc1Cc1cc(OCc2ccccc2)c(Cc2ccccc2)c(S(N)(=O)=O)c1. The number of nitrogen functional groups attached to an aromatic ring is 1. The van der Waals surface area contributed by atoms with Gasteiger partial charge in [0.15, 0.2) is 0 Å². The van der Waals surface area contributed by atoms with E-state index in [2.05, 4.69) is 0 Å². The third-order valence-corrected chi connectivity index (χ3v) is 6.42. The van der Waals surface area contributed by atoms with Gasteiger partial charge in [-0.2, -0.15) is 0 Å². The van der Waals surface area contributed by atoms with Crippen molar-refractivity contribution in [2.75, 3.05) is 5.73 Å².